The lowest BCUT2D eigenvalue weighted by Gasteiger charge is -2.33. The van der Waals surface area contributed by atoms with Crippen LogP contribution in [0.4, 0.5) is 0 Å². The molecular formula is C16H27N3OS. The Morgan fingerprint density at radius 2 is 2.10 bits per heavy atom. The molecule has 0 spiro atoms. The van der Waals surface area contributed by atoms with Gasteiger partial charge in [-0.05, 0) is 45.2 Å². The number of aryl methyl sites for hydroxylation is 2. The molecule has 0 aliphatic carbocycles. The van der Waals surface area contributed by atoms with Gasteiger partial charge >= 0.3 is 0 Å². The number of piperidine rings is 1. The first-order valence-electron chi connectivity index (χ1n) is 7.75. The molecule has 1 fully saturated rings. The van der Waals surface area contributed by atoms with E-state index >= 15 is 0 Å². The van der Waals surface area contributed by atoms with E-state index in [0.29, 0.717) is 18.6 Å². The average molecular weight is 309 g/mol. The van der Waals surface area contributed by atoms with Crippen LogP contribution in [0.3, 0.4) is 0 Å². The minimum Gasteiger partial charge on any atom is -0.358 e. The molecule has 5 heteroatoms. The van der Waals surface area contributed by atoms with E-state index in [9.17, 15) is 4.79 Å². The molecule has 1 aliphatic heterocycles. The number of hydrogen-bond acceptors (Lipinski definition) is 4. The Labute approximate surface area is 131 Å². The van der Waals surface area contributed by atoms with E-state index in [1.54, 1.807) is 7.05 Å². The second-order valence-electron chi connectivity index (χ2n) is 5.98. The summed E-state index contributed by atoms with van der Waals surface area (Å²) in [5, 5.41) is 6.45. The van der Waals surface area contributed by atoms with Gasteiger partial charge in [0, 0.05) is 42.0 Å². The van der Waals surface area contributed by atoms with Gasteiger partial charge in [-0.15, -0.1) is 11.3 Å². The number of carbonyl (C=O) groups excluding carboxylic acids is 1. The van der Waals surface area contributed by atoms with Crippen molar-refractivity contribution in [1.29, 1.82) is 0 Å². The van der Waals surface area contributed by atoms with Gasteiger partial charge in [0.25, 0.3) is 0 Å². The third kappa shape index (κ3) is 4.53. The van der Waals surface area contributed by atoms with Gasteiger partial charge in [-0.1, -0.05) is 0 Å². The quantitative estimate of drug-likeness (QED) is 0.876. The Balaban J connectivity index is 1.80. The highest BCUT2D eigenvalue weighted by molar-refractivity contribution is 7.12. The van der Waals surface area contributed by atoms with Gasteiger partial charge in [-0.2, -0.15) is 0 Å². The zero-order chi connectivity index (χ0) is 15.4. The molecule has 1 atom stereocenters. The van der Waals surface area contributed by atoms with E-state index in [2.05, 4.69) is 42.4 Å². The van der Waals surface area contributed by atoms with E-state index in [1.807, 2.05) is 11.3 Å². The summed E-state index contributed by atoms with van der Waals surface area (Å²) in [5.41, 5.74) is 1.44. The SMILES string of the molecule is CNC(=O)CN1CCC(NC(C)c2cc(C)sc2C)CC1. The normalized spacial score (nSPS) is 18.7. The average Bonchev–Trinajstić information content (AvgIpc) is 2.80. The molecule has 4 nitrogen and oxygen atoms in total. The van der Waals surface area contributed by atoms with Crippen molar-refractivity contribution in [1.82, 2.24) is 15.5 Å². The number of carbonyl (C=O) groups is 1. The lowest BCUT2D eigenvalue weighted by Crippen LogP contribution is -2.46. The first-order valence-corrected chi connectivity index (χ1v) is 8.57. The largest absolute Gasteiger partial charge is 0.358 e. The summed E-state index contributed by atoms with van der Waals surface area (Å²) in [6.07, 6.45) is 2.23. The van der Waals surface area contributed by atoms with Crippen LogP contribution in [-0.2, 0) is 4.79 Å². The maximum Gasteiger partial charge on any atom is 0.233 e. The summed E-state index contributed by atoms with van der Waals surface area (Å²) in [6.45, 7) is 9.16. The van der Waals surface area contributed by atoms with Crippen molar-refractivity contribution in [2.75, 3.05) is 26.7 Å². The van der Waals surface area contributed by atoms with Gasteiger partial charge in [-0.3, -0.25) is 9.69 Å². The van der Waals surface area contributed by atoms with Gasteiger partial charge in [-0.25, -0.2) is 0 Å². The number of nitrogens with one attached hydrogen (secondary N) is 2. The molecule has 118 valence electrons. The second-order valence-corrected chi connectivity index (χ2v) is 7.44. The smallest absolute Gasteiger partial charge is 0.233 e. The first-order chi connectivity index (χ1) is 9.99. The van der Waals surface area contributed by atoms with E-state index < -0.39 is 0 Å². The van der Waals surface area contributed by atoms with E-state index in [0.717, 1.165) is 25.9 Å². The molecule has 1 aliphatic rings. The lowest BCUT2D eigenvalue weighted by molar-refractivity contribution is -0.122. The number of thiophene rings is 1. The number of hydrogen-bond donors (Lipinski definition) is 2. The monoisotopic (exact) mass is 309 g/mol. The van der Waals surface area contributed by atoms with Gasteiger partial charge < -0.3 is 10.6 Å². The molecule has 1 saturated heterocycles. The van der Waals surface area contributed by atoms with E-state index in [4.69, 9.17) is 0 Å². The Hall–Kier alpha value is -0.910. The fourth-order valence-electron chi connectivity index (χ4n) is 3.06. The fourth-order valence-corrected chi connectivity index (χ4v) is 4.09. The van der Waals surface area contributed by atoms with E-state index in [-0.39, 0.29) is 5.91 Å². The lowest BCUT2D eigenvalue weighted by atomic mass is 10.0. The van der Waals surface area contributed by atoms with Crippen LogP contribution < -0.4 is 10.6 Å². The summed E-state index contributed by atoms with van der Waals surface area (Å²) < 4.78 is 0. The predicted octanol–water partition coefficient (Wildman–Crippen LogP) is 2.23. The second kappa shape index (κ2) is 7.38. The molecule has 1 amide bonds. The molecule has 0 saturated carbocycles. The first kappa shape index (κ1) is 16.5. The van der Waals surface area contributed by atoms with Crippen molar-refractivity contribution < 1.29 is 4.79 Å². The van der Waals surface area contributed by atoms with Gasteiger partial charge in [0.05, 0.1) is 6.54 Å². The number of nitrogens with zero attached hydrogens (tertiary/aromatic N) is 1. The molecule has 2 rings (SSSR count). The molecule has 2 heterocycles. The third-order valence-corrected chi connectivity index (χ3v) is 5.25. The van der Waals surface area contributed by atoms with Crippen LogP contribution in [0.2, 0.25) is 0 Å². The molecule has 0 aromatic carbocycles. The Morgan fingerprint density at radius 1 is 1.43 bits per heavy atom. The standard InChI is InChI=1S/C16H27N3OS/c1-11-9-15(13(3)21-11)12(2)18-14-5-7-19(8-6-14)10-16(20)17-4/h9,12,14,18H,5-8,10H2,1-4H3,(H,17,20). The van der Waals surface area contributed by atoms with Crippen LogP contribution in [-0.4, -0.2) is 43.5 Å². The Kier molecular flexibility index (Phi) is 5.79. The summed E-state index contributed by atoms with van der Waals surface area (Å²) in [4.78, 5) is 16.4. The molecule has 0 radical (unpaired) electrons. The maximum atomic E-state index is 11.4. The highest BCUT2D eigenvalue weighted by atomic mass is 32.1. The summed E-state index contributed by atoms with van der Waals surface area (Å²) in [6, 6.07) is 3.27. The Morgan fingerprint density at radius 3 is 2.62 bits per heavy atom. The number of likely N-dealkylation sites (N-methyl/N-ethyl adjacent to an activating group) is 1. The molecule has 0 bridgehead atoms. The highest BCUT2D eigenvalue weighted by Crippen LogP contribution is 2.27. The van der Waals surface area contributed by atoms with Crippen LogP contribution in [0.1, 0.15) is 41.1 Å². The van der Waals surface area contributed by atoms with Crippen LogP contribution in [0, 0.1) is 13.8 Å². The van der Waals surface area contributed by atoms with Crippen molar-refractivity contribution in [2.24, 2.45) is 0 Å². The highest BCUT2D eigenvalue weighted by Gasteiger charge is 2.22. The number of likely N-dealkylation sites (tertiary alicyclic amines) is 1. The predicted molar refractivity (Wildman–Crippen MR) is 88.9 cm³/mol. The topological polar surface area (TPSA) is 44.4 Å². The summed E-state index contributed by atoms with van der Waals surface area (Å²) in [7, 11) is 1.70. The van der Waals surface area contributed by atoms with Crippen LogP contribution in [0.15, 0.2) is 6.07 Å². The number of amides is 1. The molecule has 21 heavy (non-hydrogen) atoms. The third-order valence-electron chi connectivity index (χ3n) is 4.27. The van der Waals surface area contributed by atoms with Crippen molar-refractivity contribution in [2.45, 2.75) is 45.7 Å². The minimum atomic E-state index is 0.110. The van der Waals surface area contributed by atoms with Crippen molar-refractivity contribution in [3.63, 3.8) is 0 Å². The summed E-state index contributed by atoms with van der Waals surface area (Å²) in [5.74, 6) is 0.110. The van der Waals surface area contributed by atoms with Gasteiger partial charge in [0.2, 0.25) is 5.91 Å². The summed E-state index contributed by atoms with van der Waals surface area (Å²) >= 11 is 1.88. The van der Waals surface area contributed by atoms with Crippen LogP contribution in [0.5, 0.6) is 0 Å². The van der Waals surface area contributed by atoms with Crippen molar-refractivity contribution in [3.8, 4) is 0 Å². The van der Waals surface area contributed by atoms with Gasteiger partial charge in [0.15, 0.2) is 0 Å². The minimum absolute atomic E-state index is 0.110. The van der Waals surface area contributed by atoms with Crippen LogP contribution >= 0.6 is 11.3 Å². The van der Waals surface area contributed by atoms with Crippen molar-refractivity contribution in [3.05, 3.63) is 21.4 Å². The molecule has 1 aromatic heterocycles. The fraction of sp³-hybridized carbons (Fsp3) is 0.688. The molecule has 1 aromatic rings. The van der Waals surface area contributed by atoms with E-state index in [1.165, 1.54) is 15.3 Å². The Bertz CT molecular complexity index is 478. The molecule has 1 unspecified atom stereocenters. The number of rotatable bonds is 5. The zero-order valence-corrected chi connectivity index (χ0v) is 14.3. The van der Waals surface area contributed by atoms with Crippen molar-refractivity contribution >= 4 is 17.2 Å². The maximum absolute atomic E-state index is 11.4. The van der Waals surface area contributed by atoms with Gasteiger partial charge in [0.1, 0.15) is 0 Å². The molecular weight excluding hydrogens is 282 g/mol. The molecule has 2 N–H and O–H groups in total. The van der Waals surface area contributed by atoms with Crippen LogP contribution in [0.25, 0.3) is 0 Å². The zero-order valence-electron chi connectivity index (χ0n) is 13.5.